The van der Waals surface area contributed by atoms with E-state index in [1.807, 2.05) is 30.3 Å². The summed E-state index contributed by atoms with van der Waals surface area (Å²) in [5.41, 5.74) is 0.745. The summed E-state index contributed by atoms with van der Waals surface area (Å²) < 4.78 is 13.6. The molecule has 2 N–H and O–H groups in total. The molecular weight excluding hydrogens is 291 g/mol. The third-order valence-corrected chi connectivity index (χ3v) is 4.86. The maximum atomic E-state index is 13.6. The Labute approximate surface area is 131 Å². The summed E-state index contributed by atoms with van der Waals surface area (Å²) in [6, 6.07) is 14.5. The Bertz CT molecular complexity index is 1160. The van der Waals surface area contributed by atoms with E-state index in [1.165, 1.54) is 6.07 Å². The van der Waals surface area contributed by atoms with Crippen molar-refractivity contribution in [2.45, 2.75) is 12.2 Å². The van der Waals surface area contributed by atoms with Crippen LogP contribution in [-0.2, 0) is 0 Å². The molecule has 0 saturated carbocycles. The molecule has 2 unspecified atom stereocenters. The lowest BCUT2D eigenvalue weighted by molar-refractivity contribution is 0.0572. The van der Waals surface area contributed by atoms with Gasteiger partial charge in [0.05, 0.1) is 0 Å². The summed E-state index contributed by atoms with van der Waals surface area (Å²) in [5.74, 6) is -0.249. The Hall–Kier alpha value is -2.49. The lowest BCUT2D eigenvalue weighted by Gasteiger charge is -2.23. The molecule has 0 bridgehead atoms. The van der Waals surface area contributed by atoms with E-state index in [0.29, 0.717) is 0 Å². The topological polar surface area (TPSA) is 40.5 Å². The molecule has 0 heterocycles. The molecule has 0 aliphatic heterocycles. The molecule has 2 nitrogen and oxygen atoms in total. The minimum absolute atomic E-state index is 0.249. The van der Waals surface area contributed by atoms with Crippen molar-refractivity contribution in [2.24, 2.45) is 0 Å². The van der Waals surface area contributed by atoms with E-state index in [1.54, 1.807) is 18.2 Å². The van der Waals surface area contributed by atoms with Gasteiger partial charge in [0.15, 0.2) is 0 Å². The molecule has 112 valence electrons. The first-order valence-electron chi connectivity index (χ1n) is 7.59. The number of hydrogen-bond donors (Lipinski definition) is 2. The normalized spacial score (nSPS) is 20.3. The number of aliphatic hydroxyl groups is 2. The van der Waals surface area contributed by atoms with E-state index < -0.39 is 12.2 Å². The van der Waals surface area contributed by atoms with Crippen LogP contribution >= 0.6 is 0 Å². The summed E-state index contributed by atoms with van der Waals surface area (Å²) >= 11 is 0. The fraction of sp³-hybridized carbons (Fsp3) is 0.100. The molecule has 0 amide bonds. The lowest BCUT2D eigenvalue weighted by Crippen LogP contribution is -2.25. The second-order valence-electron chi connectivity index (χ2n) is 6.17. The van der Waals surface area contributed by atoms with E-state index in [0.717, 1.165) is 43.1 Å². The van der Waals surface area contributed by atoms with Crippen molar-refractivity contribution in [2.75, 3.05) is 0 Å². The van der Waals surface area contributed by atoms with Crippen molar-refractivity contribution < 1.29 is 14.6 Å². The van der Waals surface area contributed by atoms with Crippen molar-refractivity contribution in [3.8, 4) is 0 Å². The van der Waals surface area contributed by atoms with Gasteiger partial charge in [-0.15, -0.1) is 0 Å². The van der Waals surface area contributed by atoms with E-state index >= 15 is 0 Å². The van der Waals surface area contributed by atoms with Crippen LogP contribution in [0.3, 0.4) is 0 Å². The van der Waals surface area contributed by atoms with Gasteiger partial charge >= 0.3 is 0 Å². The van der Waals surface area contributed by atoms with Gasteiger partial charge in [-0.25, -0.2) is 4.39 Å². The maximum Gasteiger partial charge on any atom is 0.123 e. The predicted molar refractivity (Wildman–Crippen MR) is 89.6 cm³/mol. The molecule has 1 aliphatic rings. The molecule has 1 aliphatic carbocycles. The van der Waals surface area contributed by atoms with Crippen molar-refractivity contribution in [3.05, 3.63) is 65.1 Å². The highest BCUT2D eigenvalue weighted by molar-refractivity contribution is 6.22. The fourth-order valence-electron chi connectivity index (χ4n) is 3.83. The van der Waals surface area contributed by atoms with E-state index in [2.05, 4.69) is 0 Å². The van der Waals surface area contributed by atoms with Gasteiger partial charge in [0.2, 0.25) is 0 Å². The first-order chi connectivity index (χ1) is 11.1. The molecule has 2 atom stereocenters. The number of aliphatic hydroxyl groups excluding tert-OH is 2. The van der Waals surface area contributed by atoms with Crippen molar-refractivity contribution in [3.63, 3.8) is 0 Å². The second-order valence-corrected chi connectivity index (χ2v) is 6.17. The summed E-state index contributed by atoms with van der Waals surface area (Å²) in [5, 5.41) is 27.2. The molecule has 0 fully saturated rings. The fourth-order valence-corrected chi connectivity index (χ4v) is 3.83. The molecule has 23 heavy (non-hydrogen) atoms. The number of benzene rings is 4. The van der Waals surface area contributed by atoms with Gasteiger partial charge in [-0.3, -0.25) is 0 Å². The molecule has 4 aromatic rings. The van der Waals surface area contributed by atoms with Crippen LogP contribution in [-0.4, -0.2) is 16.3 Å². The first kappa shape index (κ1) is 13.0. The van der Waals surface area contributed by atoms with E-state index in [-0.39, 0.29) is 5.82 Å². The SMILES string of the molecule is OC1C=c2ccc3c4ccc(F)cc4cc4ccc(c2c43)C1O. The van der Waals surface area contributed by atoms with Crippen molar-refractivity contribution in [1.82, 2.24) is 0 Å². The van der Waals surface area contributed by atoms with Gasteiger partial charge in [-0.05, 0) is 67.4 Å². The summed E-state index contributed by atoms with van der Waals surface area (Å²) in [7, 11) is 0. The maximum absolute atomic E-state index is 13.6. The summed E-state index contributed by atoms with van der Waals surface area (Å²) in [6.07, 6.45) is -0.113. The highest BCUT2D eigenvalue weighted by Crippen LogP contribution is 2.37. The van der Waals surface area contributed by atoms with Gasteiger partial charge < -0.3 is 10.2 Å². The molecule has 5 rings (SSSR count). The Morgan fingerprint density at radius 1 is 0.783 bits per heavy atom. The Morgan fingerprint density at radius 2 is 1.61 bits per heavy atom. The summed E-state index contributed by atoms with van der Waals surface area (Å²) in [4.78, 5) is 0. The summed E-state index contributed by atoms with van der Waals surface area (Å²) in [6.45, 7) is 0. The molecule has 3 heteroatoms. The standard InChI is InChI=1S/C20H13FO2/c21-13-3-6-14-12(8-13)7-10-2-5-16-19-11(9-17(22)20(16)23)1-4-15(14)18(10)19/h1-9,17,20,22-23H. The molecule has 0 saturated heterocycles. The van der Waals surface area contributed by atoms with Crippen LogP contribution in [0.25, 0.3) is 38.4 Å². The van der Waals surface area contributed by atoms with Crippen LogP contribution in [0.5, 0.6) is 0 Å². The lowest BCUT2D eigenvalue weighted by atomic mass is 9.86. The predicted octanol–water partition coefficient (Wildman–Crippen LogP) is 3.19. The molecule has 0 spiro atoms. The van der Waals surface area contributed by atoms with Gasteiger partial charge in [0.25, 0.3) is 0 Å². The van der Waals surface area contributed by atoms with Crippen molar-refractivity contribution in [1.29, 1.82) is 0 Å². The Balaban J connectivity index is 2.09. The number of fused-ring (bicyclic) bond motifs is 2. The third kappa shape index (κ3) is 1.63. The monoisotopic (exact) mass is 304 g/mol. The molecule has 0 radical (unpaired) electrons. The van der Waals surface area contributed by atoms with Crippen LogP contribution in [0.2, 0.25) is 0 Å². The minimum Gasteiger partial charge on any atom is -0.386 e. The van der Waals surface area contributed by atoms with Gasteiger partial charge in [-0.1, -0.05) is 30.3 Å². The highest BCUT2D eigenvalue weighted by atomic mass is 19.1. The highest BCUT2D eigenvalue weighted by Gasteiger charge is 2.24. The van der Waals surface area contributed by atoms with Crippen molar-refractivity contribution >= 4 is 38.4 Å². The second kappa shape index (κ2) is 4.28. The first-order valence-corrected chi connectivity index (χ1v) is 7.59. The Morgan fingerprint density at radius 3 is 2.48 bits per heavy atom. The molecule has 0 aromatic heterocycles. The minimum atomic E-state index is -0.915. The smallest absolute Gasteiger partial charge is 0.123 e. The zero-order valence-electron chi connectivity index (χ0n) is 12.1. The largest absolute Gasteiger partial charge is 0.386 e. The van der Waals surface area contributed by atoms with Gasteiger partial charge in [0.1, 0.15) is 18.0 Å². The zero-order chi connectivity index (χ0) is 15.7. The van der Waals surface area contributed by atoms with Crippen LogP contribution in [0.1, 0.15) is 11.7 Å². The van der Waals surface area contributed by atoms with Crippen LogP contribution < -0.4 is 5.22 Å². The number of hydrogen-bond acceptors (Lipinski definition) is 2. The molecular formula is C20H13FO2. The van der Waals surface area contributed by atoms with Gasteiger partial charge in [-0.2, -0.15) is 0 Å². The van der Waals surface area contributed by atoms with E-state index in [9.17, 15) is 14.6 Å². The number of rotatable bonds is 0. The van der Waals surface area contributed by atoms with Crippen LogP contribution in [0, 0.1) is 5.82 Å². The van der Waals surface area contributed by atoms with Crippen LogP contribution in [0.4, 0.5) is 4.39 Å². The number of halogens is 1. The zero-order valence-corrected chi connectivity index (χ0v) is 12.1. The van der Waals surface area contributed by atoms with Gasteiger partial charge in [0, 0.05) is 0 Å². The van der Waals surface area contributed by atoms with E-state index in [4.69, 9.17) is 0 Å². The average Bonchev–Trinajstić information content (AvgIpc) is 2.55. The molecule has 4 aromatic carbocycles. The third-order valence-electron chi connectivity index (χ3n) is 4.86. The Kier molecular flexibility index (Phi) is 2.42. The average molecular weight is 304 g/mol. The quantitative estimate of drug-likeness (QED) is 0.387. The van der Waals surface area contributed by atoms with Crippen LogP contribution in [0.15, 0.2) is 48.5 Å².